The van der Waals surface area contributed by atoms with Crippen molar-refractivity contribution in [1.29, 1.82) is 5.26 Å². The number of halogens is 1. The van der Waals surface area contributed by atoms with Crippen LogP contribution in [0.5, 0.6) is 5.75 Å². The largest absolute Gasteiger partial charge is 0.493 e. The van der Waals surface area contributed by atoms with Crippen LogP contribution in [-0.4, -0.2) is 27.4 Å². The third kappa shape index (κ3) is 5.14. The first-order chi connectivity index (χ1) is 15.5. The van der Waals surface area contributed by atoms with E-state index in [-0.39, 0.29) is 25.2 Å². The number of benzene rings is 2. The summed E-state index contributed by atoms with van der Waals surface area (Å²) in [6.45, 7) is 5.58. The lowest BCUT2D eigenvalue weighted by Crippen LogP contribution is -2.41. The van der Waals surface area contributed by atoms with Crippen LogP contribution in [-0.2, 0) is 0 Å². The first-order valence-corrected chi connectivity index (χ1v) is 11.7. The molecule has 3 heterocycles. The predicted octanol–water partition coefficient (Wildman–Crippen LogP) is 6.03. The van der Waals surface area contributed by atoms with E-state index in [0.717, 1.165) is 42.1 Å². The van der Waals surface area contributed by atoms with Crippen molar-refractivity contribution in [2.24, 2.45) is 5.92 Å². The molecule has 2 aromatic carbocycles. The van der Waals surface area contributed by atoms with Crippen molar-refractivity contribution in [3.63, 3.8) is 0 Å². The Hall–Kier alpha value is -2.82. The summed E-state index contributed by atoms with van der Waals surface area (Å²) in [5, 5.41) is 10.5. The molecule has 32 heavy (non-hydrogen) atoms. The maximum atomic E-state index is 13.4. The van der Waals surface area contributed by atoms with Crippen LogP contribution >= 0.6 is 11.5 Å². The molecule has 5 rings (SSSR count). The zero-order valence-electron chi connectivity index (χ0n) is 18.4. The summed E-state index contributed by atoms with van der Waals surface area (Å²) in [5.41, 5.74) is 3.51. The minimum absolute atomic E-state index is 0. The Morgan fingerprint density at radius 2 is 1.97 bits per heavy atom. The summed E-state index contributed by atoms with van der Waals surface area (Å²) in [7, 11) is 0. The Bertz CT molecular complexity index is 1070. The van der Waals surface area contributed by atoms with E-state index in [9.17, 15) is 9.65 Å². The fraction of sp³-hybridized carbons (Fsp3) is 0.400. The topological polar surface area (TPSA) is 62.0 Å². The van der Waals surface area contributed by atoms with Gasteiger partial charge in [0.2, 0.25) is 0 Å². The van der Waals surface area contributed by atoms with Gasteiger partial charge in [-0.2, -0.15) is 9.64 Å². The van der Waals surface area contributed by atoms with Crippen LogP contribution in [0.4, 0.5) is 4.39 Å². The molecular weight excluding hydrogens is 423 g/mol. The second-order valence-corrected chi connectivity index (χ2v) is 9.29. The Morgan fingerprint density at radius 1 is 1.16 bits per heavy atom. The quantitative estimate of drug-likeness (QED) is 0.475. The molecule has 3 aromatic rings. The fourth-order valence-electron chi connectivity index (χ4n) is 4.54. The summed E-state index contributed by atoms with van der Waals surface area (Å²) >= 11 is 1.42. The number of nitriles is 1. The van der Waals surface area contributed by atoms with Crippen LogP contribution in [0.15, 0.2) is 48.8 Å². The SMILES string of the molecule is Cc1ccc2c(c1)OCC[C@@H]2N1CC[C@H](C#N)C[C@@H]1c1ccc(F)cc1.Cc1ncns1.[HH]. The number of rotatable bonds is 2. The third-order valence-corrected chi connectivity index (χ3v) is 6.70. The highest BCUT2D eigenvalue weighted by Crippen LogP contribution is 2.44. The standard InChI is InChI=1S/C22H23FN2O.C3H4N2S.H2/c1-15-2-7-19-20(9-11-26-22(19)12-15)25-10-8-16(14-24)13-21(25)17-3-5-18(23)6-4-17;1-3-4-2-5-6-3;/h2-7,12,16,20-21H,8-11,13H2,1H3;2H,1H3;1H/t16-,20-,21+;;/m0../s1. The van der Waals surface area contributed by atoms with Crippen LogP contribution in [0.1, 0.15) is 54.5 Å². The number of ether oxygens (including phenoxy) is 1. The Kier molecular flexibility index (Phi) is 7.13. The molecule has 0 spiro atoms. The molecule has 0 aliphatic carbocycles. The summed E-state index contributed by atoms with van der Waals surface area (Å²) < 4.78 is 23.0. The maximum Gasteiger partial charge on any atom is 0.129 e. The van der Waals surface area contributed by atoms with E-state index in [2.05, 4.69) is 45.4 Å². The Morgan fingerprint density at radius 3 is 2.62 bits per heavy atom. The number of fused-ring (bicyclic) bond motifs is 1. The molecule has 0 bridgehead atoms. The molecule has 0 amide bonds. The van der Waals surface area contributed by atoms with Gasteiger partial charge in [-0.1, -0.05) is 24.3 Å². The van der Waals surface area contributed by atoms with Crippen molar-refractivity contribution >= 4 is 11.5 Å². The van der Waals surface area contributed by atoms with Gasteiger partial charge in [0.25, 0.3) is 0 Å². The molecule has 2 aliphatic heterocycles. The van der Waals surface area contributed by atoms with Crippen molar-refractivity contribution < 1.29 is 10.6 Å². The number of hydrogen-bond donors (Lipinski definition) is 0. The number of piperidine rings is 1. The van der Waals surface area contributed by atoms with Gasteiger partial charge in [0.05, 0.1) is 12.7 Å². The second-order valence-electron chi connectivity index (χ2n) is 8.31. The molecular formula is C25H29FN4OS. The second kappa shape index (κ2) is 10.2. The van der Waals surface area contributed by atoms with Gasteiger partial charge in [0.1, 0.15) is 22.9 Å². The van der Waals surface area contributed by atoms with E-state index in [1.807, 2.05) is 19.1 Å². The molecule has 7 heteroatoms. The van der Waals surface area contributed by atoms with Crippen LogP contribution in [0.25, 0.3) is 0 Å². The van der Waals surface area contributed by atoms with Crippen LogP contribution in [0.3, 0.4) is 0 Å². The first kappa shape index (κ1) is 22.4. The molecule has 0 saturated carbocycles. The van der Waals surface area contributed by atoms with Gasteiger partial charge >= 0.3 is 0 Å². The summed E-state index contributed by atoms with van der Waals surface area (Å²) in [6, 6.07) is 16.0. The van der Waals surface area contributed by atoms with E-state index in [4.69, 9.17) is 4.74 Å². The van der Waals surface area contributed by atoms with E-state index >= 15 is 0 Å². The zero-order chi connectivity index (χ0) is 22.5. The molecule has 5 nitrogen and oxygen atoms in total. The van der Waals surface area contributed by atoms with Gasteiger partial charge < -0.3 is 4.74 Å². The number of aryl methyl sites for hydroxylation is 2. The highest BCUT2D eigenvalue weighted by molar-refractivity contribution is 7.05. The van der Waals surface area contributed by atoms with Gasteiger partial charge in [-0.15, -0.1) is 0 Å². The summed E-state index contributed by atoms with van der Waals surface area (Å²) in [6.07, 6.45) is 4.17. The van der Waals surface area contributed by atoms with Crippen molar-refractivity contribution in [2.45, 2.75) is 45.2 Å². The maximum absolute atomic E-state index is 13.4. The van der Waals surface area contributed by atoms with E-state index in [1.54, 1.807) is 6.33 Å². The lowest BCUT2D eigenvalue weighted by molar-refractivity contribution is 0.0551. The number of likely N-dealkylation sites (tertiary alicyclic amines) is 1. The molecule has 1 fully saturated rings. The summed E-state index contributed by atoms with van der Waals surface area (Å²) in [5.74, 6) is 0.806. The molecule has 0 N–H and O–H groups in total. The van der Waals surface area contributed by atoms with Crippen LogP contribution in [0.2, 0.25) is 0 Å². The monoisotopic (exact) mass is 452 g/mol. The average Bonchev–Trinajstić information content (AvgIpc) is 3.30. The highest BCUT2D eigenvalue weighted by Gasteiger charge is 2.36. The highest BCUT2D eigenvalue weighted by atomic mass is 32.1. The predicted molar refractivity (Wildman–Crippen MR) is 125 cm³/mol. The first-order valence-electron chi connectivity index (χ1n) is 10.9. The minimum atomic E-state index is -0.222. The number of aromatic nitrogens is 2. The minimum Gasteiger partial charge on any atom is -0.493 e. The normalized spacial score (nSPS) is 22.6. The average molecular weight is 453 g/mol. The van der Waals surface area contributed by atoms with Crippen molar-refractivity contribution in [1.82, 2.24) is 14.3 Å². The molecule has 1 saturated heterocycles. The van der Waals surface area contributed by atoms with E-state index in [0.29, 0.717) is 6.61 Å². The van der Waals surface area contributed by atoms with E-state index < -0.39 is 0 Å². The Labute approximate surface area is 194 Å². The van der Waals surface area contributed by atoms with Gasteiger partial charge in [-0.05, 0) is 67.5 Å². The fourth-order valence-corrected chi connectivity index (χ4v) is 4.88. The van der Waals surface area contributed by atoms with Gasteiger partial charge in [0, 0.05) is 38.0 Å². The molecule has 0 radical (unpaired) electrons. The zero-order valence-corrected chi connectivity index (χ0v) is 19.2. The molecule has 0 unspecified atom stereocenters. The van der Waals surface area contributed by atoms with Crippen LogP contribution < -0.4 is 4.74 Å². The smallest absolute Gasteiger partial charge is 0.129 e. The molecule has 168 valence electrons. The van der Waals surface area contributed by atoms with Crippen LogP contribution in [0, 0.1) is 36.9 Å². The van der Waals surface area contributed by atoms with Gasteiger partial charge in [0.15, 0.2) is 0 Å². The van der Waals surface area contributed by atoms with Crippen molar-refractivity contribution in [2.75, 3.05) is 13.2 Å². The third-order valence-electron chi connectivity index (χ3n) is 6.13. The van der Waals surface area contributed by atoms with Gasteiger partial charge in [-0.3, -0.25) is 4.90 Å². The molecule has 2 aliphatic rings. The van der Waals surface area contributed by atoms with E-state index in [1.165, 1.54) is 34.8 Å². The molecule has 3 atom stereocenters. The Balaban J connectivity index is 0.000000382. The summed E-state index contributed by atoms with van der Waals surface area (Å²) in [4.78, 5) is 6.32. The van der Waals surface area contributed by atoms with Crippen molar-refractivity contribution in [3.05, 3.63) is 76.3 Å². The van der Waals surface area contributed by atoms with Crippen molar-refractivity contribution in [3.8, 4) is 11.8 Å². The van der Waals surface area contributed by atoms with Gasteiger partial charge in [-0.25, -0.2) is 9.37 Å². The lowest BCUT2D eigenvalue weighted by atomic mass is 9.85. The number of hydrogen-bond acceptors (Lipinski definition) is 6. The lowest BCUT2D eigenvalue weighted by Gasteiger charge is -2.44. The molecule has 1 aromatic heterocycles. The number of nitrogens with zero attached hydrogens (tertiary/aromatic N) is 4.